The Morgan fingerprint density at radius 1 is 1.48 bits per heavy atom. The Hall–Kier alpha value is -1.65. The topological polar surface area (TPSA) is 58.1 Å². The zero-order chi connectivity index (χ0) is 15.2. The van der Waals surface area contributed by atoms with Gasteiger partial charge < -0.3 is 10.2 Å². The van der Waals surface area contributed by atoms with Gasteiger partial charge in [0.05, 0.1) is 0 Å². The molecule has 0 aromatic carbocycles. The van der Waals surface area contributed by atoms with Gasteiger partial charge in [-0.25, -0.2) is 9.97 Å². The molecule has 0 aliphatic carbocycles. The quantitative estimate of drug-likeness (QED) is 0.847. The van der Waals surface area contributed by atoms with Gasteiger partial charge in [-0.3, -0.25) is 4.79 Å². The first kappa shape index (κ1) is 15.7. The van der Waals surface area contributed by atoms with E-state index in [2.05, 4.69) is 29.1 Å². The normalized spacial score (nSPS) is 18.6. The van der Waals surface area contributed by atoms with E-state index in [1.54, 1.807) is 6.07 Å². The van der Waals surface area contributed by atoms with Crippen LogP contribution in [0.3, 0.4) is 0 Å². The monoisotopic (exact) mass is 290 g/mol. The third-order valence-corrected chi connectivity index (χ3v) is 3.84. The third kappa shape index (κ3) is 4.41. The minimum atomic E-state index is 0.0330. The minimum absolute atomic E-state index is 0.0330. The fourth-order valence-electron chi connectivity index (χ4n) is 2.70. The Morgan fingerprint density at radius 2 is 2.29 bits per heavy atom. The van der Waals surface area contributed by atoms with Crippen molar-refractivity contribution in [1.82, 2.24) is 14.9 Å². The molecule has 5 heteroatoms. The van der Waals surface area contributed by atoms with Crippen LogP contribution in [-0.2, 0) is 0 Å². The van der Waals surface area contributed by atoms with E-state index in [0.717, 1.165) is 44.7 Å². The summed E-state index contributed by atoms with van der Waals surface area (Å²) in [4.78, 5) is 23.2. The number of hydrogen-bond acceptors (Lipinski definition) is 4. The Balaban J connectivity index is 2.09. The molecule has 1 aliphatic heterocycles. The van der Waals surface area contributed by atoms with Crippen molar-refractivity contribution in [2.45, 2.75) is 46.5 Å². The zero-order valence-corrected chi connectivity index (χ0v) is 13.4. The van der Waals surface area contributed by atoms with Crippen LogP contribution >= 0.6 is 0 Å². The summed E-state index contributed by atoms with van der Waals surface area (Å²) in [6.07, 6.45) is 4.51. The number of nitrogens with zero attached hydrogens (tertiary/aromatic N) is 3. The molecule has 0 bridgehead atoms. The number of aromatic nitrogens is 2. The SMILES string of the molecule is CCCCNc1cc(C(=O)N2CCCC(C)C2)nc(C)n1. The Labute approximate surface area is 127 Å². The van der Waals surface area contributed by atoms with E-state index in [0.29, 0.717) is 17.4 Å². The van der Waals surface area contributed by atoms with Crippen LogP contribution in [0, 0.1) is 12.8 Å². The Kier molecular flexibility index (Phi) is 5.53. The van der Waals surface area contributed by atoms with Crippen molar-refractivity contribution in [2.24, 2.45) is 5.92 Å². The molecule has 0 saturated carbocycles. The van der Waals surface area contributed by atoms with E-state index in [1.807, 2.05) is 11.8 Å². The molecule has 1 aliphatic rings. The molecule has 1 saturated heterocycles. The van der Waals surface area contributed by atoms with Crippen molar-refractivity contribution < 1.29 is 4.79 Å². The molecule has 1 aromatic rings. The van der Waals surface area contributed by atoms with Crippen molar-refractivity contribution in [3.8, 4) is 0 Å². The van der Waals surface area contributed by atoms with Gasteiger partial charge in [0.2, 0.25) is 0 Å². The van der Waals surface area contributed by atoms with Crippen molar-refractivity contribution in [2.75, 3.05) is 25.0 Å². The van der Waals surface area contributed by atoms with Gasteiger partial charge in [-0.2, -0.15) is 0 Å². The fourth-order valence-corrected chi connectivity index (χ4v) is 2.70. The lowest BCUT2D eigenvalue weighted by molar-refractivity contribution is 0.0676. The summed E-state index contributed by atoms with van der Waals surface area (Å²) in [6, 6.07) is 1.78. The second-order valence-electron chi connectivity index (χ2n) is 5.96. The number of hydrogen-bond donors (Lipinski definition) is 1. The van der Waals surface area contributed by atoms with Crippen molar-refractivity contribution in [3.05, 3.63) is 17.6 Å². The number of unbranched alkanes of at least 4 members (excludes halogenated alkanes) is 1. The predicted molar refractivity (Wildman–Crippen MR) is 84.5 cm³/mol. The largest absolute Gasteiger partial charge is 0.370 e. The van der Waals surface area contributed by atoms with Crippen LogP contribution in [0.2, 0.25) is 0 Å². The molecule has 21 heavy (non-hydrogen) atoms. The van der Waals surface area contributed by atoms with E-state index in [4.69, 9.17) is 0 Å². The van der Waals surface area contributed by atoms with Gasteiger partial charge in [-0.05, 0) is 32.1 Å². The standard InChI is InChI=1S/C16H26N4O/c1-4-5-8-17-15-10-14(18-13(3)19-15)16(21)20-9-6-7-12(2)11-20/h10,12H,4-9,11H2,1-3H3,(H,17,18,19). The predicted octanol–water partition coefficient (Wildman–Crippen LogP) is 2.87. The summed E-state index contributed by atoms with van der Waals surface area (Å²) in [7, 11) is 0. The molecule has 1 N–H and O–H groups in total. The molecular weight excluding hydrogens is 264 g/mol. The molecule has 2 heterocycles. The summed E-state index contributed by atoms with van der Waals surface area (Å²) in [5.74, 6) is 2.01. The van der Waals surface area contributed by atoms with E-state index in [-0.39, 0.29) is 5.91 Å². The summed E-state index contributed by atoms with van der Waals surface area (Å²) in [5, 5.41) is 3.27. The second kappa shape index (κ2) is 7.38. The molecule has 1 atom stereocenters. The van der Waals surface area contributed by atoms with E-state index < -0.39 is 0 Å². The lowest BCUT2D eigenvalue weighted by atomic mass is 10.00. The molecule has 1 amide bonds. The van der Waals surface area contributed by atoms with Crippen molar-refractivity contribution >= 4 is 11.7 Å². The summed E-state index contributed by atoms with van der Waals surface area (Å²) in [6.45, 7) is 8.73. The molecule has 0 radical (unpaired) electrons. The van der Waals surface area contributed by atoms with Crippen molar-refractivity contribution in [3.63, 3.8) is 0 Å². The number of nitrogens with one attached hydrogen (secondary N) is 1. The van der Waals surface area contributed by atoms with Gasteiger partial charge >= 0.3 is 0 Å². The van der Waals surface area contributed by atoms with Gasteiger partial charge in [0, 0.05) is 25.7 Å². The smallest absolute Gasteiger partial charge is 0.272 e. The zero-order valence-electron chi connectivity index (χ0n) is 13.4. The van der Waals surface area contributed by atoms with Crippen molar-refractivity contribution in [1.29, 1.82) is 0 Å². The molecule has 2 rings (SSSR count). The molecular formula is C16H26N4O. The van der Waals surface area contributed by atoms with Gasteiger partial charge in [0.1, 0.15) is 17.3 Å². The van der Waals surface area contributed by atoms with E-state index >= 15 is 0 Å². The van der Waals surface area contributed by atoms with Crippen LogP contribution in [0.5, 0.6) is 0 Å². The average Bonchev–Trinajstić information content (AvgIpc) is 2.46. The first-order valence-corrected chi connectivity index (χ1v) is 7.99. The molecule has 1 unspecified atom stereocenters. The number of amides is 1. The molecule has 5 nitrogen and oxygen atoms in total. The third-order valence-electron chi connectivity index (χ3n) is 3.84. The Morgan fingerprint density at radius 3 is 3.00 bits per heavy atom. The number of anilines is 1. The lowest BCUT2D eigenvalue weighted by Gasteiger charge is -2.30. The summed E-state index contributed by atoms with van der Waals surface area (Å²) in [5.41, 5.74) is 0.510. The maximum atomic E-state index is 12.6. The van der Waals surface area contributed by atoms with Gasteiger partial charge in [0.15, 0.2) is 0 Å². The number of carbonyl (C=O) groups excluding carboxylic acids is 1. The van der Waals surface area contributed by atoms with Crippen LogP contribution < -0.4 is 5.32 Å². The maximum absolute atomic E-state index is 12.6. The summed E-state index contributed by atoms with van der Waals surface area (Å²) >= 11 is 0. The maximum Gasteiger partial charge on any atom is 0.272 e. The van der Waals surface area contributed by atoms with Crippen LogP contribution in [-0.4, -0.2) is 40.4 Å². The highest BCUT2D eigenvalue weighted by atomic mass is 16.2. The first-order chi connectivity index (χ1) is 10.1. The first-order valence-electron chi connectivity index (χ1n) is 7.99. The number of aryl methyl sites for hydroxylation is 1. The number of likely N-dealkylation sites (tertiary alicyclic amines) is 1. The van der Waals surface area contributed by atoms with Crippen LogP contribution in [0.25, 0.3) is 0 Å². The van der Waals surface area contributed by atoms with Gasteiger partial charge in [0.25, 0.3) is 5.91 Å². The van der Waals surface area contributed by atoms with Crippen LogP contribution in [0.4, 0.5) is 5.82 Å². The highest BCUT2D eigenvalue weighted by Gasteiger charge is 2.23. The van der Waals surface area contributed by atoms with Gasteiger partial charge in [-0.1, -0.05) is 20.3 Å². The molecule has 1 aromatic heterocycles. The summed E-state index contributed by atoms with van der Waals surface area (Å²) < 4.78 is 0. The number of piperidine rings is 1. The molecule has 116 valence electrons. The second-order valence-corrected chi connectivity index (χ2v) is 5.96. The van der Waals surface area contributed by atoms with Gasteiger partial charge in [-0.15, -0.1) is 0 Å². The highest BCUT2D eigenvalue weighted by molar-refractivity contribution is 5.93. The number of carbonyl (C=O) groups is 1. The Bertz CT molecular complexity index is 489. The lowest BCUT2D eigenvalue weighted by Crippen LogP contribution is -2.39. The average molecular weight is 290 g/mol. The molecule has 0 spiro atoms. The number of rotatable bonds is 5. The van der Waals surface area contributed by atoms with Crippen LogP contribution in [0.1, 0.15) is 55.8 Å². The highest BCUT2D eigenvalue weighted by Crippen LogP contribution is 2.18. The minimum Gasteiger partial charge on any atom is -0.370 e. The fraction of sp³-hybridized carbons (Fsp3) is 0.688. The van der Waals surface area contributed by atoms with E-state index in [1.165, 1.54) is 6.42 Å². The van der Waals surface area contributed by atoms with Crippen LogP contribution in [0.15, 0.2) is 6.07 Å². The molecule has 1 fully saturated rings. The van der Waals surface area contributed by atoms with E-state index in [9.17, 15) is 4.79 Å².